The fraction of sp³-hybridized carbons (Fsp3) is 0.721. The number of benzene rings is 2. The number of carboxylic acid groups (broad SMARTS) is 1. The third kappa shape index (κ3) is 9.98. The van der Waals surface area contributed by atoms with Crippen LogP contribution in [0, 0.1) is 50.2 Å². The largest absolute Gasteiger partial charge is 0.479 e. The topological polar surface area (TPSA) is 368 Å². The Morgan fingerprint density at radius 1 is 0.619 bits per heavy atom. The number of allylic oxidation sites excluding steroid dienone is 1. The molecule has 8 aliphatic rings. The minimum atomic E-state index is -2.13. The molecule has 0 radical (unpaired) electrons. The van der Waals surface area contributed by atoms with E-state index in [1.165, 1.54) is 0 Å². The Labute approximate surface area is 487 Å². The lowest BCUT2D eigenvalue weighted by atomic mass is 9.32. The maximum atomic E-state index is 14.3. The van der Waals surface area contributed by atoms with Crippen molar-refractivity contribution >= 4 is 17.9 Å². The molecule has 0 spiro atoms. The Hall–Kier alpha value is -4.09. The molecule has 23 nitrogen and oxygen atoms in total. The van der Waals surface area contributed by atoms with Crippen molar-refractivity contribution in [1.82, 2.24) is 0 Å². The van der Waals surface area contributed by atoms with Gasteiger partial charge in [0, 0.05) is 10.8 Å². The second kappa shape index (κ2) is 23.1. The van der Waals surface area contributed by atoms with Crippen LogP contribution in [-0.2, 0) is 42.7 Å². The molecule has 0 amide bonds. The molecule has 0 bridgehead atoms. The fourth-order valence-corrected chi connectivity index (χ4v) is 17.0. The van der Waals surface area contributed by atoms with Gasteiger partial charge < -0.3 is 99.2 Å². The van der Waals surface area contributed by atoms with E-state index >= 15 is 0 Å². The van der Waals surface area contributed by atoms with Gasteiger partial charge in [-0.3, -0.25) is 0 Å². The van der Waals surface area contributed by atoms with Gasteiger partial charge in [-0.1, -0.05) is 96.5 Å². The monoisotopic (exact) mass is 1180 g/mol. The summed E-state index contributed by atoms with van der Waals surface area (Å²) in [7, 11) is 0. The summed E-state index contributed by atoms with van der Waals surface area (Å²) in [5.74, 6) is -4.16. The maximum Gasteiger partial charge on any atom is 0.338 e. The number of hydrogen-bond acceptors (Lipinski definition) is 22. The molecular weight excluding hydrogens is 1100 g/mol. The van der Waals surface area contributed by atoms with E-state index in [2.05, 4.69) is 19.9 Å². The van der Waals surface area contributed by atoms with Crippen LogP contribution in [0.2, 0.25) is 0 Å². The molecule has 10 rings (SSSR count). The van der Waals surface area contributed by atoms with Gasteiger partial charge in [0.25, 0.3) is 0 Å². The summed E-state index contributed by atoms with van der Waals surface area (Å²) in [4.78, 5) is 41.2. The molecule has 0 aromatic heterocycles. The first-order chi connectivity index (χ1) is 39.5. The Morgan fingerprint density at radius 3 is 1.81 bits per heavy atom. The van der Waals surface area contributed by atoms with E-state index in [1.54, 1.807) is 60.7 Å². The molecular formula is C61H84O23. The molecule has 23 heteroatoms. The average molecular weight is 1190 g/mol. The summed E-state index contributed by atoms with van der Waals surface area (Å²) in [5, 5.41) is 135. The Bertz CT molecular complexity index is 2730. The highest BCUT2D eigenvalue weighted by atomic mass is 16.8. The van der Waals surface area contributed by atoms with Crippen molar-refractivity contribution < 1.29 is 114 Å². The number of carbonyl (C=O) groups excluding carboxylic acids is 2. The van der Waals surface area contributed by atoms with Crippen LogP contribution in [0.4, 0.5) is 0 Å². The van der Waals surface area contributed by atoms with Gasteiger partial charge in [0.1, 0.15) is 67.1 Å². The number of hydrogen-bond donors (Lipinski definition) is 12. The van der Waals surface area contributed by atoms with Crippen molar-refractivity contribution in [2.75, 3.05) is 19.8 Å². The minimum Gasteiger partial charge on any atom is -0.479 e. The van der Waals surface area contributed by atoms with E-state index in [0.717, 1.165) is 5.57 Å². The minimum absolute atomic E-state index is 0.168. The molecule has 26 atom stereocenters. The first-order valence-corrected chi connectivity index (χ1v) is 29.2. The zero-order valence-corrected chi connectivity index (χ0v) is 48.3. The second-order valence-electron chi connectivity index (χ2n) is 26.8. The number of rotatable bonds is 13. The highest BCUT2D eigenvalue weighted by molar-refractivity contribution is 5.90. The van der Waals surface area contributed by atoms with E-state index in [-0.39, 0.29) is 29.4 Å². The molecule has 3 aliphatic heterocycles. The van der Waals surface area contributed by atoms with Crippen molar-refractivity contribution in [3.63, 3.8) is 0 Å². The van der Waals surface area contributed by atoms with Crippen molar-refractivity contribution in [3.8, 4) is 0 Å². The average Bonchev–Trinajstić information content (AvgIpc) is 0.672. The van der Waals surface area contributed by atoms with Gasteiger partial charge in [-0.2, -0.15) is 0 Å². The highest BCUT2D eigenvalue weighted by Crippen LogP contribution is 2.76. The predicted octanol–water partition coefficient (Wildman–Crippen LogP) is 0.958. The third-order valence-electron chi connectivity index (χ3n) is 21.8. The van der Waals surface area contributed by atoms with Crippen LogP contribution in [0.25, 0.3) is 0 Å². The third-order valence-corrected chi connectivity index (χ3v) is 21.8. The standard InChI is InChI=1S/C61H84O23/c1-56(2)24-31-30-18-19-35-58(5)22-21-36(79-55-45(82-54-41(69)39(67)38(66)33(25-62)78-54)43(42(70)44(81-55)50(73)74)80-53-40(68)37(65)32(64)26-77-53)57(3,4)34(58)20-23-59(35,6)60(30,7)46(71)47(72)61(31,27-63)49(84-52(76)29-16-12-9-13-17-29)48(56)83-51(75)28-14-10-8-11-15-28/h8-18,31-49,53-55,62-72H,19-27H2,1-7H3,(H,73,74)/t31?,32-,33-,34?,35?,36+,37+,38+,39+,40-,41-,42+,43+,44+,45-,46+,47-,48+,49+,53+,54+,55+,58+,59-,60+,61+/m1/s1. The molecule has 466 valence electrons. The number of fused-ring (bicyclic) bond motifs is 7. The quantitative estimate of drug-likeness (QED) is 0.0755. The zero-order chi connectivity index (χ0) is 61.0. The Balaban J connectivity index is 0.977. The molecule has 5 aliphatic carbocycles. The van der Waals surface area contributed by atoms with E-state index in [1.807, 2.05) is 34.6 Å². The van der Waals surface area contributed by atoms with Gasteiger partial charge >= 0.3 is 17.9 Å². The molecule has 84 heavy (non-hydrogen) atoms. The van der Waals surface area contributed by atoms with Gasteiger partial charge in [0.05, 0.1) is 54.7 Å². The number of carboxylic acids is 1. The van der Waals surface area contributed by atoms with Crippen LogP contribution < -0.4 is 0 Å². The van der Waals surface area contributed by atoms with Gasteiger partial charge in [-0.05, 0) is 96.8 Å². The first-order valence-electron chi connectivity index (χ1n) is 29.2. The lowest BCUT2D eigenvalue weighted by molar-refractivity contribution is -0.392. The SMILES string of the molecule is CC1(C)CC2C3=CCC4[C@@]5(C)CC[C@H](O[C@H]6O[C@H](C(=O)O)[C@@H](O)[C@H](O[C@@H]7OC[C@@H](O)[C@H](O)[C@H]7O)[C@H]6O[C@@H]6O[C@H](CO)[C@H](O)[C@H](O)[C@H]6O)C(C)(C)C5CC[C@@]4(C)[C@]3(C)[C@@H](O)[C@@H](O)[C@@]2(CO)[C@@H](OC(=O)c2ccccc2)[C@@H]1OC(=O)c1ccccc1. The van der Waals surface area contributed by atoms with E-state index in [0.29, 0.717) is 32.1 Å². The number of aliphatic hydroxyl groups is 11. The lowest BCUT2D eigenvalue weighted by Gasteiger charge is -2.73. The van der Waals surface area contributed by atoms with Crippen LogP contribution in [0.5, 0.6) is 0 Å². The van der Waals surface area contributed by atoms with Crippen LogP contribution in [0.1, 0.15) is 108 Å². The van der Waals surface area contributed by atoms with Crippen LogP contribution in [0.15, 0.2) is 72.3 Å². The summed E-state index contributed by atoms with van der Waals surface area (Å²) in [6.45, 7) is 12.0. The summed E-state index contributed by atoms with van der Waals surface area (Å²) >= 11 is 0. The number of esters is 2. The zero-order valence-electron chi connectivity index (χ0n) is 48.3. The predicted molar refractivity (Wildman–Crippen MR) is 289 cm³/mol. The van der Waals surface area contributed by atoms with E-state index < -0.39 is 193 Å². The maximum absolute atomic E-state index is 14.3. The molecule has 2 aromatic carbocycles. The normalized spacial score (nSPS) is 46.9. The number of ether oxygens (including phenoxy) is 8. The number of aliphatic carboxylic acids is 1. The molecule has 3 unspecified atom stereocenters. The summed E-state index contributed by atoms with van der Waals surface area (Å²) in [6.07, 6.45) is -27.9. The summed E-state index contributed by atoms with van der Waals surface area (Å²) in [6, 6.07) is 16.6. The van der Waals surface area contributed by atoms with Crippen molar-refractivity contribution in [2.24, 2.45) is 50.2 Å². The van der Waals surface area contributed by atoms with E-state index in [4.69, 9.17) is 37.9 Å². The molecule has 7 fully saturated rings. The Morgan fingerprint density at radius 2 is 1.21 bits per heavy atom. The number of aliphatic hydroxyl groups excluding tert-OH is 11. The van der Waals surface area contributed by atoms with Crippen molar-refractivity contribution in [2.45, 2.75) is 204 Å². The molecule has 3 heterocycles. The van der Waals surface area contributed by atoms with Crippen molar-refractivity contribution in [3.05, 3.63) is 83.4 Å². The molecule has 12 N–H and O–H groups in total. The number of carbonyl (C=O) groups is 3. The summed E-state index contributed by atoms with van der Waals surface area (Å²) in [5.41, 5.74) is -4.72. The van der Waals surface area contributed by atoms with Crippen LogP contribution in [0.3, 0.4) is 0 Å². The Kier molecular flexibility index (Phi) is 17.3. The van der Waals surface area contributed by atoms with Crippen molar-refractivity contribution in [1.29, 1.82) is 0 Å². The van der Waals surface area contributed by atoms with Crippen LogP contribution >= 0.6 is 0 Å². The second-order valence-corrected chi connectivity index (χ2v) is 26.8. The van der Waals surface area contributed by atoms with Gasteiger partial charge in [-0.15, -0.1) is 0 Å². The highest BCUT2D eigenvalue weighted by Gasteiger charge is 2.76. The molecule has 3 saturated heterocycles. The van der Waals surface area contributed by atoms with E-state index in [9.17, 15) is 75.7 Å². The fourth-order valence-electron chi connectivity index (χ4n) is 17.0. The van der Waals surface area contributed by atoms with Gasteiger partial charge in [0.2, 0.25) is 0 Å². The molecule has 4 saturated carbocycles. The smallest absolute Gasteiger partial charge is 0.338 e. The molecule has 2 aromatic rings. The summed E-state index contributed by atoms with van der Waals surface area (Å²) < 4.78 is 49.3. The lowest BCUT2D eigenvalue weighted by Crippen LogP contribution is -2.76. The van der Waals surface area contributed by atoms with Crippen LogP contribution in [-0.4, -0.2) is 216 Å². The van der Waals surface area contributed by atoms with Gasteiger partial charge in [0.15, 0.2) is 31.1 Å². The van der Waals surface area contributed by atoms with Gasteiger partial charge in [-0.25, -0.2) is 14.4 Å². The first kappa shape index (κ1) is 62.9.